The van der Waals surface area contributed by atoms with Crippen LogP contribution in [0.2, 0.25) is 0 Å². The molecule has 0 atom stereocenters. The van der Waals surface area contributed by atoms with Gasteiger partial charge in [-0.15, -0.1) is 0 Å². The van der Waals surface area contributed by atoms with E-state index in [0.717, 1.165) is 48.2 Å². The van der Waals surface area contributed by atoms with Crippen LogP contribution < -0.4 is 10.6 Å². The van der Waals surface area contributed by atoms with Crippen molar-refractivity contribution >= 4 is 40.2 Å². The van der Waals surface area contributed by atoms with Gasteiger partial charge < -0.3 is 25.3 Å². The molecule has 4 aromatic rings. The molecule has 0 radical (unpaired) electrons. The Balaban J connectivity index is 1.20. The summed E-state index contributed by atoms with van der Waals surface area (Å²) in [6.07, 6.45) is 5.60. The summed E-state index contributed by atoms with van der Waals surface area (Å²) in [4.78, 5) is 45.1. The molecule has 2 fully saturated rings. The number of morpholine rings is 1. The summed E-state index contributed by atoms with van der Waals surface area (Å²) >= 11 is 0. The highest BCUT2D eigenvalue weighted by atomic mass is 16.5. The van der Waals surface area contributed by atoms with Gasteiger partial charge in [-0.3, -0.25) is 9.59 Å². The molecule has 1 aliphatic carbocycles. The second kappa shape index (κ2) is 12.4. The van der Waals surface area contributed by atoms with Crippen LogP contribution in [-0.4, -0.2) is 63.0 Å². The number of anilines is 3. The summed E-state index contributed by atoms with van der Waals surface area (Å²) in [5.74, 6) is 1.84. The first-order valence-electron chi connectivity index (χ1n) is 15.5. The minimum absolute atomic E-state index is 0.000155. The zero-order valence-electron chi connectivity index (χ0n) is 25.9. The lowest BCUT2D eigenvalue weighted by Crippen LogP contribution is -2.40. The molecule has 10 nitrogen and oxygen atoms in total. The highest BCUT2D eigenvalue weighted by molar-refractivity contribution is 5.96. The summed E-state index contributed by atoms with van der Waals surface area (Å²) in [7, 11) is 0. The van der Waals surface area contributed by atoms with Crippen LogP contribution in [0.15, 0.2) is 48.8 Å². The summed E-state index contributed by atoms with van der Waals surface area (Å²) < 4.78 is 5.37. The third-order valence-corrected chi connectivity index (χ3v) is 9.13. The lowest BCUT2D eigenvalue weighted by molar-refractivity contribution is -0.121. The molecule has 2 amide bonds. The maximum atomic E-state index is 13.3. The predicted octanol–water partition coefficient (Wildman–Crippen LogP) is 6.34. The number of rotatable bonds is 6. The molecule has 44 heavy (non-hydrogen) atoms. The standard InChI is InChI=1S/C34H41N7O3/c1-21-26(6-5-7-27(21)38-32(42)22-8-12-24(13-9-22)34(2,3)4)29-39-30-28(35-20-36-30)31(40-29)37-25-14-10-23(11-15-25)33(43)41-16-18-44-19-17-41/h5-7,10-11,14-15,20,22,24H,8-9,12-13,16-19H2,1-4H3,(H,38,42)(H2,35,36,37,39,40). The van der Waals surface area contributed by atoms with Gasteiger partial charge in [0.15, 0.2) is 17.3 Å². The number of imidazole rings is 1. The van der Waals surface area contributed by atoms with Gasteiger partial charge in [0.1, 0.15) is 5.52 Å². The quantitative estimate of drug-likeness (QED) is 0.238. The molecule has 2 aromatic carbocycles. The highest BCUT2D eigenvalue weighted by Gasteiger charge is 2.32. The predicted molar refractivity (Wildman–Crippen MR) is 172 cm³/mol. The Kier molecular flexibility index (Phi) is 8.35. The van der Waals surface area contributed by atoms with E-state index in [1.54, 1.807) is 6.33 Å². The van der Waals surface area contributed by atoms with Crippen LogP contribution in [0.5, 0.6) is 0 Å². The molecular formula is C34H41N7O3. The van der Waals surface area contributed by atoms with Crippen LogP contribution in [0, 0.1) is 24.2 Å². The van der Waals surface area contributed by atoms with Gasteiger partial charge in [0.05, 0.1) is 19.5 Å². The van der Waals surface area contributed by atoms with E-state index in [9.17, 15) is 9.59 Å². The van der Waals surface area contributed by atoms with Crippen molar-refractivity contribution in [2.45, 2.75) is 53.4 Å². The fraction of sp³-hybridized carbons (Fsp3) is 0.441. The Morgan fingerprint density at radius 1 is 0.977 bits per heavy atom. The fourth-order valence-electron chi connectivity index (χ4n) is 6.30. The largest absolute Gasteiger partial charge is 0.378 e. The van der Waals surface area contributed by atoms with Crippen molar-refractivity contribution in [3.05, 3.63) is 59.9 Å². The van der Waals surface area contributed by atoms with Gasteiger partial charge in [0, 0.05) is 41.5 Å². The van der Waals surface area contributed by atoms with Crippen molar-refractivity contribution in [2.75, 3.05) is 36.9 Å². The third-order valence-electron chi connectivity index (χ3n) is 9.13. The number of fused-ring (bicyclic) bond motifs is 1. The van der Waals surface area contributed by atoms with Crippen LogP contribution in [0.1, 0.15) is 62.4 Å². The zero-order chi connectivity index (χ0) is 30.8. The van der Waals surface area contributed by atoms with E-state index in [4.69, 9.17) is 14.7 Å². The van der Waals surface area contributed by atoms with Gasteiger partial charge in [0.2, 0.25) is 5.91 Å². The molecule has 230 valence electrons. The van der Waals surface area contributed by atoms with Crippen LogP contribution >= 0.6 is 0 Å². The average molecular weight is 596 g/mol. The number of ether oxygens (including phenoxy) is 1. The normalized spacial score (nSPS) is 19.1. The number of hydrogen-bond donors (Lipinski definition) is 3. The number of amides is 2. The second-order valence-corrected chi connectivity index (χ2v) is 13.0. The average Bonchev–Trinajstić information content (AvgIpc) is 3.51. The Hall–Kier alpha value is -4.31. The maximum Gasteiger partial charge on any atom is 0.254 e. The Morgan fingerprint density at radius 2 is 1.70 bits per heavy atom. The van der Waals surface area contributed by atoms with Crippen molar-refractivity contribution in [1.82, 2.24) is 24.8 Å². The Morgan fingerprint density at radius 3 is 2.41 bits per heavy atom. The lowest BCUT2D eigenvalue weighted by Gasteiger charge is -2.36. The molecule has 2 aliphatic rings. The molecule has 6 rings (SSSR count). The lowest BCUT2D eigenvalue weighted by atomic mass is 9.69. The molecule has 1 saturated carbocycles. The molecule has 10 heteroatoms. The number of hydrogen-bond acceptors (Lipinski definition) is 7. The van der Waals surface area contributed by atoms with Gasteiger partial charge in [-0.1, -0.05) is 32.9 Å². The number of nitrogens with one attached hydrogen (secondary N) is 3. The van der Waals surface area contributed by atoms with E-state index < -0.39 is 0 Å². The van der Waals surface area contributed by atoms with Crippen LogP contribution in [0.4, 0.5) is 17.2 Å². The van der Waals surface area contributed by atoms with Crippen molar-refractivity contribution in [3.63, 3.8) is 0 Å². The zero-order valence-corrected chi connectivity index (χ0v) is 25.9. The number of carbonyl (C=O) groups excluding carboxylic acids is 2. The van der Waals surface area contributed by atoms with Crippen LogP contribution in [-0.2, 0) is 9.53 Å². The molecule has 3 heterocycles. The van der Waals surface area contributed by atoms with E-state index in [0.29, 0.717) is 60.6 Å². The van der Waals surface area contributed by atoms with Crippen molar-refractivity contribution in [1.29, 1.82) is 0 Å². The van der Waals surface area contributed by atoms with Gasteiger partial charge in [-0.25, -0.2) is 15.0 Å². The minimum atomic E-state index is 0.000155. The number of H-pyrrole nitrogens is 1. The van der Waals surface area contributed by atoms with Gasteiger partial charge in [-0.2, -0.15) is 0 Å². The van der Waals surface area contributed by atoms with Crippen molar-refractivity contribution in [3.8, 4) is 11.4 Å². The number of aromatic amines is 1. The number of benzene rings is 2. The summed E-state index contributed by atoms with van der Waals surface area (Å²) in [6, 6.07) is 13.2. The van der Waals surface area contributed by atoms with Crippen molar-refractivity contribution in [2.24, 2.45) is 17.3 Å². The number of aromatic nitrogens is 4. The first-order chi connectivity index (χ1) is 21.2. The second-order valence-electron chi connectivity index (χ2n) is 13.0. The maximum absolute atomic E-state index is 13.3. The molecule has 0 bridgehead atoms. The monoisotopic (exact) mass is 595 g/mol. The molecule has 0 spiro atoms. The first-order valence-corrected chi connectivity index (χ1v) is 15.5. The topological polar surface area (TPSA) is 125 Å². The summed E-state index contributed by atoms with van der Waals surface area (Å²) in [6.45, 7) is 11.2. The van der Waals surface area contributed by atoms with E-state index in [2.05, 4.69) is 41.4 Å². The summed E-state index contributed by atoms with van der Waals surface area (Å²) in [5.41, 5.74) is 5.38. The third kappa shape index (κ3) is 6.31. The highest BCUT2D eigenvalue weighted by Crippen LogP contribution is 2.40. The van der Waals surface area contributed by atoms with E-state index in [1.165, 1.54) is 0 Å². The van der Waals surface area contributed by atoms with Crippen LogP contribution in [0.3, 0.4) is 0 Å². The minimum Gasteiger partial charge on any atom is -0.378 e. The molecule has 1 saturated heterocycles. The van der Waals surface area contributed by atoms with Crippen LogP contribution in [0.25, 0.3) is 22.6 Å². The Labute approximate surface area is 258 Å². The van der Waals surface area contributed by atoms with Gasteiger partial charge >= 0.3 is 0 Å². The van der Waals surface area contributed by atoms with E-state index in [1.807, 2.05) is 54.3 Å². The SMILES string of the molecule is Cc1c(NC(=O)C2CCC(C(C)(C)C)CC2)cccc1-c1nc(Nc2ccc(C(=O)N3CCOCC3)cc2)c2[nH]cnc2n1. The summed E-state index contributed by atoms with van der Waals surface area (Å²) in [5, 5.41) is 6.57. The Bertz CT molecular complexity index is 1640. The molecule has 2 aromatic heterocycles. The van der Waals surface area contributed by atoms with E-state index in [-0.39, 0.29) is 23.1 Å². The van der Waals surface area contributed by atoms with Gasteiger partial charge in [0.25, 0.3) is 5.91 Å². The smallest absolute Gasteiger partial charge is 0.254 e. The number of nitrogens with zero attached hydrogens (tertiary/aromatic N) is 4. The first kappa shape index (κ1) is 29.7. The van der Waals surface area contributed by atoms with E-state index >= 15 is 0 Å². The fourth-order valence-corrected chi connectivity index (χ4v) is 6.30. The molecular weight excluding hydrogens is 554 g/mol. The molecule has 3 N–H and O–H groups in total. The molecule has 1 aliphatic heterocycles. The molecule has 0 unspecified atom stereocenters. The van der Waals surface area contributed by atoms with Crippen molar-refractivity contribution < 1.29 is 14.3 Å². The number of carbonyl (C=O) groups is 2. The van der Waals surface area contributed by atoms with Gasteiger partial charge in [-0.05, 0) is 79.8 Å².